The Labute approximate surface area is 148 Å². The van der Waals surface area contributed by atoms with Crippen molar-refractivity contribution in [3.05, 3.63) is 33.6 Å². The Morgan fingerprint density at radius 3 is 2.32 bits per heavy atom. The molecule has 0 saturated carbocycles. The Hall–Kier alpha value is -2.31. The first-order chi connectivity index (χ1) is 12.0. The van der Waals surface area contributed by atoms with Gasteiger partial charge in [-0.3, -0.25) is 30.0 Å². The lowest BCUT2D eigenvalue weighted by Gasteiger charge is -2.06. The summed E-state index contributed by atoms with van der Waals surface area (Å²) < 4.78 is 0. The lowest BCUT2D eigenvalue weighted by atomic mass is 10.1. The molecule has 0 fully saturated rings. The normalized spacial score (nSPS) is 10.5. The molecule has 7 heteroatoms. The Morgan fingerprint density at radius 2 is 1.72 bits per heavy atom. The number of amides is 2. The highest BCUT2D eigenvalue weighted by molar-refractivity contribution is 6.05. The lowest BCUT2D eigenvalue weighted by molar-refractivity contribution is -0.385. The van der Waals surface area contributed by atoms with Crippen molar-refractivity contribution in [3.63, 3.8) is 0 Å². The molecule has 0 aromatic carbocycles. The summed E-state index contributed by atoms with van der Waals surface area (Å²) in [4.78, 5) is 37.9. The molecule has 1 N–H and O–H groups in total. The van der Waals surface area contributed by atoms with Crippen LogP contribution in [0.2, 0.25) is 0 Å². The third-order valence-corrected chi connectivity index (χ3v) is 4.04. The zero-order valence-electron chi connectivity index (χ0n) is 15.0. The summed E-state index contributed by atoms with van der Waals surface area (Å²) in [5, 5.41) is 13.0. The molecule has 138 valence electrons. The van der Waals surface area contributed by atoms with Crippen LogP contribution in [-0.4, -0.2) is 21.7 Å². The van der Waals surface area contributed by atoms with Crippen LogP contribution in [0.4, 0.5) is 5.69 Å². The zero-order valence-corrected chi connectivity index (χ0v) is 15.0. The molecule has 1 heterocycles. The van der Waals surface area contributed by atoms with Crippen LogP contribution in [0.1, 0.15) is 80.8 Å². The summed E-state index contributed by atoms with van der Waals surface area (Å²) in [6.07, 6.45) is 10.3. The molecule has 2 amide bonds. The smallest absolute Gasteiger partial charge is 0.288 e. The summed E-state index contributed by atoms with van der Waals surface area (Å²) in [5.74, 6) is -1.000. The number of aromatic nitrogens is 1. The number of carbonyl (C=O) groups is 2. The van der Waals surface area contributed by atoms with Crippen LogP contribution < -0.4 is 5.32 Å². The average molecular weight is 349 g/mol. The highest BCUT2D eigenvalue weighted by atomic mass is 16.6. The number of nitro groups is 1. The molecule has 7 nitrogen and oxygen atoms in total. The Bertz CT molecular complexity index is 602. The van der Waals surface area contributed by atoms with Gasteiger partial charge in [0.25, 0.3) is 11.6 Å². The predicted octanol–water partition coefficient (Wildman–Crippen LogP) is 4.09. The molecule has 1 aromatic rings. The maximum absolute atomic E-state index is 12.1. The molecule has 0 radical (unpaired) electrons. The number of nitrogens with zero attached hydrogens (tertiary/aromatic N) is 2. The van der Waals surface area contributed by atoms with Crippen LogP contribution in [0.3, 0.4) is 0 Å². The molecule has 0 aliphatic rings. The predicted molar refractivity (Wildman–Crippen MR) is 95.3 cm³/mol. The first-order valence-electron chi connectivity index (χ1n) is 8.91. The summed E-state index contributed by atoms with van der Waals surface area (Å²) in [6, 6.07) is 1.14. The maximum atomic E-state index is 12.1. The van der Waals surface area contributed by atoms with E-state index >= 15 is 0 Å². The minimum Gasteiger partial charge on any atom is -0.292 e. The Balaban J connectivity index is 2.34. The topological polar surface area (TPSA) is 102 Å². The minimum absolute atomic E-state index is 0.0541. The van der Waals surface area contributed by atoms with Gasteiger partial charge in [0.15, 0.2) is 0 Å². The van der Waals surface area contributed by atoms with Gasteiger partial charge in [-0.15, -0.1) is 0 Å². The second kappa shape index (κ2) is 11.3. The van der Waals surface area contributed by atoms with Crippen molar-refractivity contribution in [3.8, 4) is 0 Å². The number of hydrogen-bond acceptors (Lipinski definition) is 5. The molecule has 0 atom stereocenters. The number of unbranched alkanes of at least 4 members (excludes halogenated alkanes) is 7. The van der Waals surface area contributed by atoms with E-state index in [4.69, 9.17) is 0 Å². The van der Waals surface area contributed by atoms with Gasteiger partial charge < -0.3 is 0 Å². The molecule has 0 bridgehead atoms. The highest BCUT2D eigenvalue weighted by Crippen LogP contribution is 2.15. The molecular formula is C18H27N3O4. The molecule has 0 aliphatic heterocycles. The summed E-state index contributed by atoms with van der Waals surface area (Å²) in [6.45, 7) is 3.76. The minimum atomic E-state index is -0.640. The van der Waals surface area contributed by atoms with E-state index in [1.807, 2.05) is 0 Å². The van der Waals surface area contributed by atoms with Gasteiger partial charge in [-0.1, -0.05) is 51.9 Å². The van der Waals surface area contributed by atoms with E-state index in [0.29, 0.717) is 5.69 Å². The SMILES string of the molecule is CCCCCCCCCCC(=O)NC(=O)c1cc([N+](=O)[O-])cnc1C. The van der Waals surface area contributed by atoms with Crippen LogP contribution in [0.25, 0.3) is 0 Å². The lowest BCUT2D eigenvalue weighted by Crippen LogP contribution is -2.31. The van der Waals surface area contributed by atoms with Crippen LogP contribution >= 0.6 is 0 Å². The number of hydrogen-bond donors (Lipinski definition) is 1. The molecule has 1 aromatic heterocycles. The Kier molecular flexibility index (Phi) is 9.36. The van der Waals surface area contributed by atoms with Crippen molar-refractivity contribution in [2.45, 2.75) is 71.6 Å². The van der Waals surface area contributed by atoms with E-state index in [1.165, 1.54) is 32.1 Å². The third-order valence-electron chi connectivity index (χ3n) is 4.04. The summed E-state index contributed by atoms with van der Waals surface area (Å²) in [7, 11) is 0. The molecule has 0 aliphatic carbocycles. The average Bonchev–Trinajstić information content (AvgIpc) is 2.57. The fraction of sp³-hybridized carbons (Fsp3) is 0.611. The fourth-order valence-electron chi connectivity index (χ4n) is 2.53. The van der Waals surface area contributed by atoms with Gasteiger partial charge in [0, 0.05) is 12.5 Å². The maximum Gasteiger partial charge on any atom is 0.288 e. The van der Waals surface area contributed by atoms with E-state index in [-0.39, 0.29) is 23.6 Å². The van der Waals surface area contributed by atoms with Crippen molar-refractivity contribution in [2.24, 2.45) is 0 Å². The molecule has 0 unspecified atom stereocenters. The van der Waals surface area contributed by atoms with Gasteiger partial charge in [-0.05, 0) is 13.3 Å². The largest absolute Gasteiger partial charge is 0.292 e. The number of aryl methyl sites for hydroxylation is 1. The number of pyridine rings is 1. The van der Waals surface area contributed by atoms with Crippen molar-refractivity contribution < 1.29 is 14.5 Å². The van der Waals surface area contributed by atoms with E-state index < -0.39 is 10.8 Å². The standard InChI is InChI=1S/C18H27N3O4/c1-3-4-5-6-7-8-9-10-11-17(22)20-18(23)16-12-15(21(24)25)13-19-14(16)2/h12-13H,3-11H2,1-2H3,(H,20,22,23). The summed E-state index contributed by atoms with van der Waals surface area (Å²) >= 11 is 0. The van der Waals surface area contributed by atoms with Crippen LogP contribution in [0, 0.1) is 17.0 Å². The van der Waals surface area contributed by atoms with E-state index in [9.17, 15) is 19.7 Å². The van der Waals surface area contributed by atoms with Gasteiger partial charge in [0.1, 0.15) is 6.20 Å². The molecule has 0 spiro atoms. The van der Waals surface area contributed by atoms with E-state index in [2.05, 4.69) is 17.2 Å². The van der Waals surface area contributed by atoms with Crippen molar-refractivity contribution in [1.29, 1.82) is 0 Å². The first-order valence-corrected chi connectivity index (χ1v) is 8.91. The number of imide groups is 1. The fourth-order valence-corrected chi connectivity index (χ4v) is 2.53. The van der Waals surface area contributed by atoms with E-state index in [1.54, 1.807) is 6.92 Å². The van der Waals surface area contributed by atoms with Crippen molar-refractivity contribution >= 4 is 17.5 Å². The van der Waals surface area contributed by atoms with Crippen LogP contribution in [0.15, 0.2) is 12.3 Å². The highest BCUT2D eigenvalue weighted by Gasteiger charge is 2.17. The third kappa shape index (κ3) is 7.87. The second-order valence-corrected chi connectivity index (χ2v) is 6.19. The van der Waals surface area contributed by atoms with Crippen molar-refractivity contribution in [1.82, 2.24) is 10.3 Å². The van der Waals surface area contributed by atoms with Gasteiger partial charge in [0.05, 0.1) is 16.2 Å². The quantitative estimate of drug-likeness (QED) is 0.368. The van der Waals surface area contributed by atoms with Crippen LogP contribution in [0.5, 0.6) is 0 Å². The molecule has 0 saturated heterocycles. The number of rotatable bonds is 11. The molecular weight excluding hydrogens is 322 g/mol. The monoisotopic (exact) mass is 349 g/mol. The molecule has 25 heavy (non-hydrogen) atoms. The van der Waals surface area contributed by atoms with Crippen LogP contribution in [-0.2, 0) is 4.79 Å². The van der Waals surface area contributed by atoms with Gasteiger partial charge in [0.2, 0.25) is 5.91 Å². The number of nitrogens with one attached hydrogen (secondary N) is 1. The Morgan fingerprint density at radius 1 is 1.12 bits per heavy atom. The van der Waals surface area contributed by atoms with Crippen molar-refractivity contribution in [2.75, 3.05) is 0 Å². The van der Waals surface area contributed by atoms with Gasteiger partial charge in [-0.25, -0.2) is 0 Å². The zero-order chi connectivity index (χ0) is 18.7. The first kappa shape index (κ1) is 20.7. The van der Waals surface area contributed by atoms with Gasteiger partial charge >= 0.3 is 0 Å². The van der Waals surface area contributed by atoms with E-state index in [0.717, 1.165) is 31.5 Å². The van der Waals surface area contributed by atoms with Gasteiger partial charge in [-0.2, -0.15) is 0 Å². The second-order valence-electron chi connectivity index (χ2n) is 6.19. The summed E-state index contributed by atoms with van der Waals surface area (Å²) in [5.41, 5.74) is 0.132. The number of carbonyl (C=O) groups excluding carboxylic acids is 2. The molecule has 1 rings (SSSR count).